The average molecular weight is 265 g/mol. The highest BCUT2D eigenvalue weighted by molar-refractivity contribution is 7.18. The minimum atomic E-state index is -0.398. The van der Waals surface area contributed by atoms with Crippen molar-refractivity contribution < 1.29 is 13.9 Å². The van der Waals surface area contributed by atoms with E-state index in [1.165, 1.54) is 18.4 Å². The largest absolute Gasteiger partial charge is 0.466 e. The molecule has 0 unspecified atom stereocenters. The van der Waals surface area contributed by atoms with Crippen molar-refractivity contribution in [2.45, 2.75) is 20.8 Å². The second-order valence-electron chi connectivity index (χ2n) is 4.12. The summed E-state index contributed by atoms with van der Waals surface area (Å²) in [6.07, 6.45) is 0. The summed E-state index contributed by atoms with van der Waals surface area (Å²) in [6.45, 7) is 5.69. The van der Waals surface area contributed by atoms with Gasteiger partial charge in [0.1, 0.15) is 16.4 Å². The van der Waals surface area contributed by atoms with E-state index >= 15 is 0 Å². The Morgan fingerprint density at radius 3 is 2.56 bits per heavy atom. The molecule has 0 amide bonds. The van der Waals surface area contributed by atoms with Gasteiger partial charge in [-0.3, -0.25) is 0 Å². The number of nitrogen functional groups attached to an aromatic ring is 1. The molecule has 2 aromatic heterocycles. The van der Waals surface area contributed by atoms with E-state index in [-0.39, 0.29) is 0 Å². The molecule has 2 rings (SSSR count). The highest BCUT2D eigenvalue weighted by atomic mass is 32.1. The van der Waals surface area contributed by atoms with E-state index in [9.17, 15) is 4.79 Å². The maximum Gasteiger partial charge on any atom is 0.350 e. The zero-order valence-corrected chi connectivity index (χ0v) is 11.6. The fraction of sp³-hybridized carbons (Fsp3) is 0.308. The first-order chi connectivity index (χ1) is 8.45. The number of esters is 1. The standard InChI is InChI=1S/C13H15NO3S/c1-6-5-9(8(3)17-6)11-7(2)10(14)12(18-11)13(15)16-4/h5H,14H2,1-4H3. The number of hydrogen-bond acceptors (Lipinski definition) is 5. The Labute approximate surface area is 109 Å². The molecule has 0 saturated carbocycles. The van der Waals surface area contributed by atoms with Gasteiger partial charge in [0.05, 0.1) is 12.8 Å². The van der Waals surface area contributed by atoms with Crippen molar-refractivity contribution in [1.82, 2.24) is 0 Å². The number of methoxy groups -OCH3 is 1. The highest BCUT2D eigenvalue weighted by Crippen LogP contribution is 2.40. The maximum atomic E-state index is 11.6. The van der Waals surface area contributed by atoms with Gasteiger partial charge in [-0.2, -0.15) is 0 Å². The lowest BCUT2D eigenvalue weighted by Crippen LogP contribution is -2.01. The fourth-order valence-corrected chi connectivity index (χ4v) is 3.09. The highest BCUT2D eigenvalue weighted by Gasteiger charge is 2.21. The Morgan fingerprint density at radius 1 is 1.39 bits per heavy atom. The number of carbonyl (C=O) groups is 1. The van der Waals surface area contributed by atoms with Crippen LogP contribution >= 0.6 is 11.3 Å². The second-order valence-corrected chi connectivity index (χ2v) is 5.14. The van der Waals surface area contributed by atoms with E-state index in [0.717, 1.165) is 27.5 Å². The van der Waals surface area contributed by atoms with Gasteiger partial charge < -0.3 is 14.9 Å². The molecule has 0 saturated heterocycles. The smallest absolute Gasteiger partial charge is 0.350 e. The number of hydrogen-bond donors (Lipinski definition) is 1. The molecular formula is C13H15NO3S. The second kappa shape index (κ2) is 4.49. The number of furan rings is 1. The van der Waals surface area contributed by atoms with Gasteiger partial charge in [0.2, 0.25) is 0 Å². The van der Waals surface area contributed by atoms with Crippen molar-refractivity contribution in [3.63, 3.8) is 0 Å². The Bertz CT molecular complexity index is 610. The molecule has 2 heterocycles. The number of nitrogens with two attached hydrogens (primary N) is 1. The monoisotopic (exact) mass is 265 g/mol. The van der Waals surface area contributed by atoms with Crippen LogP contribution in [0.1, 0.15) is 26.8 Å². The molecule has 0 radical (unpaired) electrons. The number of carbonyl (C=O) groups excluding carboxylic acids is 1. The lowest BCUT2D eigenvalue weighted by Gasteiger charge is -1.97. The molecule has 2 aromatic rings. The molecule has 4 nitrogen and oxygen atoms in total. The molecular weight excluding hydrogens is 250 g/mol. The molecule has 18 heavy (non-hydrogen) atoms. The van der Waals surface area contributed by atoms with E-state index in [1.54, 1.807) is 0 Å². The SMILES string of the molecule is COC(=O)c1sc(-c2cc(C)oc2C)c(C)c1N. The number of thiophene rings is 1. The maximum absolute atomic E-state index is 11.6. The minimum absolute atomic E-state index is 0.398. The summed E-state index contributed by atoms with van der Waals surface area (Å²) in [5.74, 6) is 1.27. The van der Waals surface area contributed by atoms with Gasteiger partial charge in [-0.25, -0.2) is 4.79 Å². The summed E-state index contributed by atoms with van der Waals surface area (Å²) in [7, 11) is 1.35. The van der Waals surface area contributed by atoms with Crippen molar-refractivity contribution in [3.05, 3.63) is 28.0 Å². The van der Waals surface area contributed by atoms with Crippen LogP contribution < -0.4 is 5.73 Å². The summed E-state index contributed by atoms with van der Waals surface area (Å²) in [6, 6.07) is 1.95. The van der Waals surface area contributed by atoms with Crippen molar-refractivity contribution in [2.75, 3.05) is 12.8 Å². The first-order valence-electron chi connectivity index (χ1n) is 5.50. The van der Waals surface area contributed by atoms with Gasteiger partial charge in [0, 0.05) is 10.4 Å². The molecule has 5 heteroatoms. The van der Waals surface area contributed by atoms with Crippen molar-refractivity contribution in [3.8, 4) is 10.4 Å². The lowest BCUT2D eigenvalue weighted by molar-refractivity contribution is 0.0607. The summed E-state index contributed by atoms with van der Waals surface area (Å²) < 4.78 is 10.2. The van der Waals surface area contributed by atoms with Crippen molar-refractivity contribution in [2.24, 2.45) is 0 Å². The zero-order valence-electron chi connectivity index (χ0n) is 10.8. The van der Waals surface area contributed by atoms with Gasteiger partial charge in [0.25, 0.3) is 0 Å². The molecule has 0 aliphatic carbocycles. The van der Waals surface area contributed by atoms with Gasteiger partial charge in [-0.1, -0.05) is 0 Å². The summed E-state index contributed by atoms with van der Waals surface area (Å²) >= 11 is 1.34. The lowest BCUT2D eigenvalue weighted by atomic mass is 10.1. The minimum Gasteiger partial charge on any atom is -0.466 e. The van der Waals surface area contributed by atoms with Crippen LogP contribution in [-0.2, 0) is 4.74 Å². The van der Waals surface area contributed by atoms with E-state index in [1.807, 2.05) is 26.8 Å². The summed E-state index contributed by atoms with van der Waals surface area (Å²) in [5.41, 5.74) is 8.32. The normalized spacial score (nSPS) is 10.7. The van der Waals surface area contributed by atoms with Crippen LogP contribution in [0, 0.1) is 20.8 Å². The predicted octanol–water partition coefficient (Wildman–Crippen LogP) is 3.30. The molecule has 0 spiro atoms. The van der Waals surface area contributed by atoms with Crippen LogP contribution in [0.4, 0.5) is 5.69 Å². The molecule has 0 atom stereocenters. The molecule has 0 fully saturated rings. The Hall–Kier alpha value is -1.75. The number of aryl methyl sites for hydroxylation is 2. The molecule has 0 bridgehead atoms. The number of rotatable bonds is 2. The van der Waals surface area contributed by atoms with Gasteiger partial charge in [0.15, 0.2) is 0 Å². The van der Waals surface area contributed by atoms with Crippen LogP contribution in [0.5, 0.6) is 0 Å². The van der Waals surface area contributed by atoms with E-state index in [0.29, 0.717) is 10.6 Å². The third-order valence-corrected chi connectivity index (χ3v) is 4.17. The molecule has 96 valence electrons. The van der Waals surface area contributed by atoms with Crippen LogP contribution in [-0.4, -0.2) is 13.1 Å². The number of anilines is 1. The average Bonchev–Trinajstić information content (AvgIpc) is 2.80. The predicted molar refractivity (Wildman–Crippen MR) is 72.0 cm³/mol. The summed E-state index contributed by atoms with van der Waals surface area (Å²) in [5, 5.41) is 0. The first kappa shape index (κ1) is 12.7. The summed E-state index contributed by atoms with van der Waals surface area (Å²) in [4.78, 5) is 13.0. The number of ether oxygens (including phenoxy) is 1. The molecule has 0 aromatic carbocycles. The van der Waals surface area contributed by atoms with Gasteiger partial charge in [-0.15, -0.1) is 11.3 Å². The zero-order chi connectivity index (χ0) is 13.4. The molecule has 2 N–H and O–H groups in total. The molecule has 0 aliphatic heterocycles. The van der Waals surface area contributed by atoms with Crippen LogP contribution in [0.3, 0.4) is 0 Å². The Balaban J connectivity index is 2.59. The van der Waals surface area contributed by atoms with Gasteiger partial charge >= 0.3 is 5.97 Å². The molecule has 0 aliphatic rings. The van der Waals surface area contributed by atoms with Crippen LogP contribution in [0.15, 0.2) is 10.5 Å². The van der Waals surface area contributed by atoms with Gasteiger partial charge in [-0.05, 0) is 32.4 Å². The van der Waals surface area contributed by atoms with Crippen molar-refractivity contribution >= 4 is 23.0 Å². The van der Waals surface area contributed by atoms with E-state index in [2.05, 4.69) is 0 Å². The van der Waals surface area contributed by atoms with E-state index < -0.39 is 5.97 Å². The Morgan fingerprint density at radius 2 is 2.06 bits per heavy atom. The van der Waals surface area contributed by atoms with E-state index in [4.69, 9.17) is 14.9 Å². The quantitative estimate of drug-likeness (QED) is 0.846. The third-order valence-electron chi connectivity index (χ3n) is 2.85. The van der Waals surface area contributed by atoms with Crippen molar-refractivity contribution in [1.29, 1.82) is 0 Å². The fourth-order valence-electron chi connectivity index (χ4n) is 1.88. The third kappa shape index (κ3) is 1.90. The first-order valence-corrected chi connectivity index (χ1v) is 6.32. The Kier molecular flexibility index (Phi) is 3.17. The van der Waals surface area contributed by atoms with Crippen LogP contribution in [0.2, 0.25) is 0 Å². The topological polar surface area (TPSA) is 65.5 Å². The van der Waals surface area contributed by atoms with Crippen LogP contribution in [0.25, 0.3) is 10.4 Å².